The predicted molar refractivity (Wildman–Crippen MR) is 59.4 cm³/mol. The van der Waals surface area contributed by atoms with Crippen LogP contribution in [-0.4, -0.2) is 18.1 Å². The molecule has 0 fully saturated rings. The van der Waals surface area contributed by atoms with Gasteiger partial charge in [-0.3, -0.25) is 0 Å². The van der Waals surface area contributed by atoms with E-state index in [-0.39, 0.29) is 24.0 Å². The highest BCUT2D eigenvalue weighted by molar-refractivity contribution is 6.32. The smallest absolute Gasteiger partial charge is 0.404 e. The van der Waals surface area contributed by atoms with Crippen molar-refractivity contribution >= 4 is 24.0 Å². The molecule has 0 spiro atoms. The Morgan fingerprint density at radius 3 is 2.41 bits per heavy atom. The van der Waals surface area contributed by atoms with Crippen LogP contribution in [0.3, 0.4) is 0 Å². The average molecular weight is 292 g/mol. The van der Waals surface area contributed by atoms with Crippen molar-refractivity contribution in [3.05, 3.63) is 28.8 Å². The van der Waals surface area contributed by atoms with Gasteiger partial charge in [-0.25, -0.2) is 0 Å². The molecule has 1 aromatic carbocycles. The molecule has 0 aliphatic carbocycles. The normalized spacial score (nSPS) is 12.8. The molecule has 3 nitrogen and oxygen atoms in total. The maximum atomic E-state index is 11.9. The number of alkyl halides is 3. The van der Waals surface area contributed by atoms with Gasteiger partial charge in [0.1, 0.15) is 5.75 Å². The molecule has 1 rings (SSSR count). The second-order valence-corrected chi connectivity index (χ2v) is 3.43. The highest BCUT2D eigenvalue weighted by Crippen LogP contribution is 2.31. The first-order valence-corrected chi connectivity index (χ1v) is 4.63. The van der Waals surface area contributed by atoms with Crippen LogP contribution in [0.4, 0.5) is 13.2 Å². The highest BCUT2D eigenvalue weighted by atomic mass is 35.5. The van der Waals surface area contributed by atoms with E-state index in [0.717, 1.165) is 6.07 Å². The van der Waals surface area contributed by atoms with E-state index in [9.17, 15) is 13.2 Å². The van der Waals surface area contributed by atoms with Crippen LogP contribution in [-0.2, 0) is 0 Å². The zero-order chi connectivity index (χ0) is 12.3. The summed E-state index contributed by atoms with van der Waals surface area (Å²) < 4.78 is 39.4. The fourth-order valence-corrected chi connectivity index (χ4v) is 1.29. The number of benzene rings is 1. The first-order chi connectivity index (χ1) is 7.33. The lowest BCUT2D eigenvalue weighted by molar-refractivity contribution is -0.274. The van der Waals surface area contributed by atoms with Crippen molar-refractivity contribution in [2.75, 3.05) is 6.61 Å². The number of aliphatic hydroxyl groups is 1. The van der Waals surface area contributed by atoms with Crippen molar-refractivity contribution in [2.45, 2.75) is 12.4 Å². The van der Waals surface area contributed by atoms with E-state index in [0.29, 0.717) is 5.56 Å². The van der Waals surface area contributed by atoms with Crippen LogP contribution in [0, 0.1) is 0 Å². The minimum Gasteiger partial charge on any atom is -0.404 e. The molecule has 0 unspecified atom stereocenters. The molecule has 0 saturated carbocycles. The van der Waals surface area contributed by atoms with E-state index in [4.69, 9.17) is 22.4 Å². The van der Waals surface area contributed by atoms with Crippen LogP contribution >= 0.6 is 24.0 Å². The molecule has 0 saturated heterocycles. The van der Waals surface area contributed by atoms with Crippen molar-refractivity contribution in [2.24, 2.45) is 5.73 Å². The summed E-state index contributed by atoms with van der Waals surface area (Å²) in [5.41, 5.74) is 5.90. The molecule has 0 aromatic heterocycles. The Morgan fingerprint density at radius 1 is 1.41 bits per heavy atom. The Morgan fingerprint density at radius 2 is 2.00 bits per heavy atom. The topological polar surface area (TPSA) is 55.5 Å². The first kappa shape index (κ1) is 16.3. The van der Waals surface area contributed by atoms with Crippen molar-refractivity contribution in [1.82, 2.24) is 0 Å². The van der Waals surface area contributed by atoms with Gasteiger partial charge >= 0.3 is 6.36 Å². The maximum Gasteiger partial charge on any atom is 0.573 e. The maximum absolute atomic E-state index is 11.9. The van der Waals surface area contributed by atoms with Crippen LogP contribution in [0.2, 0.25) is 5.02 Å². The molecule has 8 heteroatoms. The Hall–Kier alpha value is -0.690. The van der Waals surface area contributed by atoms with Crippen LogP contribution in [0.15, 0.2) is 18.2 Å². The van der Waals surface area contributed by atoms with E-state index in [1.165, 1.54) is 12.1 Å². The van der Waals surface area contributed by atoms with Gasteiger partial charge in [0.15, 0.2) is 0 Å². The third kappa shape index (κ3) is 4.99. The third-order valence-electron chi connectivity index (χ3n) is 1.81. The first-order valence-electron chi connectivity index (χ1n) is 4.25. The predicted octanol–water partition coefficient (Wildman–Crippen LogP) is 2.65. The molecule has 1 atom stereocenters. The summed E-state index contributed by atoms with van der Waals surface area (Å²) in [5.74, 6) is -0.497. The Labute approximate surface area is 107 Å². The lowest BCUT2D eigenvalue weighted by Crippen LogP contribution is -2.18. The Bertz CT molecular complexity index is 374. The number of rotatable bonds is 3. The molecule has 1 aromatic rings. The molecule has 3 N–H and O–H groups in total. The number of hydrogen-bond acceptors (Lipinski definition) is 3. The minimum absolute atomic E-state index is 0. The minimum atomic E-state index is -4.79. The molecule has 0 bridgehead atoms. The van der Waals surface area contributed by atoms with Crippen molar-refractivity contribution in [3.63, 3.8) is 0 Å². The standard InChI is InChI=1S/C9H9ClF3NO2.ClH/c10-6-3-5(7(14)4-15)1-2-8(6)16-9(11,12)13;/h1-3,7,15H,4,14H2;1H/t7-;/m1./s1. The van der Waals surface area contributed by atoms with Gasteiger partial charge in [-0.1, -0.05) is 17.7 Å². The van der Waals surface area contributed by atoms with Gasteiger partial charge in [0.05, 0.1) is 17.7 Å². The summed E-state index contributed by atoms with van der Waals surface area (Å²) >= 11 is 5.57. The summed E-state index contributed by atoms with van der Waals surface area (Å²) in [6.45, 7) is -0.324. The number of ether oxygens (including phenoxy) is 1. The molecule has 0 heterocycles. The van der Waals surface area contributed by atoms with Crippen LogP contribution < -0.4 is 10.5 Å². The SMILES string of the molecule is Cl.N[C@H](CO)c1ccc(OC(F)(F)F)c(Cl)c1. The Kier molecular flexibility index (Phi) is 6.04. The summed E-state index contributed by atoms with van der Waals surface area (Å²) in [4.78, 5) is 0. The highest BCUT2D eigenvalue weighted by Gasteiger charge is 2.32. The molecule has 0 radical (unpaired) electrons. The molecule has 0 aliphatic heterocycles. The monoisotopic (exact) mass is 291 g/mol. The quantitative estimate of drug-likeness (QED) is 0.900. The zero-order valence-electron chi connectivity index (χ0n) is 8.37. The van der Waals surface area contributed by atoms with Gasteiger partial charge in [-0.2, -0.15) is 0 Å². The molecule has 0 aliphatic rings. The number of nitrogens with two attached hydrogens (primary N) is 1. The second kappa shape index (κ2) is 6.30. The van der Waals surface area contributed by atoms with Gasteiger partial charge in [0.2, 0.25) is 0 Å². The van der Waals surface area contributed by atoms with E-state index >= 15 is 0 Å². The van der Waals surface area contributed by atoms with Gasteiger partial charge < -0.3 is 15.6 Å². The summed E-state index contributed by atoms with van der Waals surface area (Å²) in [5, 5.41) is 8.55. The summed E-state index contributed by atoms with van der Waals surface area (Å²) in [6.07, 6.45) is -4.79. The van der Waals surface area contributed by atoms with Crippen molar-refractivity contribution < 1.29 is 23.0 Å². The largest absolute Gasteiger partial charge is 0.573 e. The second-order valence-electron chi connectivity index (χ2n) is 3.03. The van der Waals surface area contributed by atoms with Gasteiger partial charge in [0, 0.05) is 0 Å². The molecule has 0 amide bonds. The molecular weight excluding hydrogens is 282 g/mol. The van der Waals surface area contributed by atoms with Crippen LogP contribution in [0.5, 0.6) is 5.75 Å². The summed E-state index contributed by atoms with van der Waals surface area (Å²) in [7, 11) is 0. The average Bonchev–Trinajstić information content (AvgIpc) is 2.18. The zero-order valence-corrected chi connectivity index (χ0v) is 9.94. The van der Waals surface area contributed by atoms with E-state index in [1.807, 2.05) is 0 Å². The fraction of sp³-hybridized carbons (Fsp3) is 0.333. The van der Waals surface area contributed by atoms with Crippen LogP contribution in [0.25, 0.3) is 0 Å². The molecule has 98 valence electrons. The van der Waals surface area contributed by atoms with Gasteiger partial charge in [0.25, 0.3) is 0 Å². The van der Waals surface area contributed by atoms with E-state index < -0.39 is 18.2 Å². The van der Waals surface area contributed by atoms with Crippen molar-refractivity contribution in [3.8, 4) is 5.75 Å². The van der Waals surface area contributed by atoms with Gasteiger partial charge in [-0.05, 0) is 17.7 Å². The molecule has 17 heavy (non-hydrogen) atoms. The third-order valence-corrected chi connectivity index (χ3v) is 2.10. The Balaban J connectivity index is 0.00000256. The number of halogens is 5. The van der Waals surface area contributed by atoms with E-state index in [2.05, 4.69) is 4.74 Å². The fourth-order valence-electron chi connectivity index (χ4n) is 1.06. The summed E-state index contributed by atoms with van der Waals surface area (Å²) in [6, 6.07) is 2.91. The molecular formula is C9H10Cl2F3NO2. The van der Waals surface area contributed by atoms with Gasteiger partial charge in [-0.15, -0.1) is 25.6 Å². The van der Waals surface area contributed by atoms with Crippen LogP contribution in [0.1, 0.15) is 11.6 Å². The number of hydrogen-bond donors (Lipinski definition) is 2. The van der Waals surface area contributed by atoms with E-state index in [1.54, 1.807) is 0 Å². The lowest BCUT2D eigenvalue weighted by atomic mass is 10.1. The van der Waals surface area contributed by atoms with Crippen molar-refractivity contribution in [1.29, 1.82) is 0 Å². The lowest BCUT2D eigenvalue weighted by Gasteiger charge is -2.13. The number of aliphatic hydroxyl groups excluding tert-OH is 1.